The van der Waals surface area contributed by atoms with E-state index in [4.69, 9.17) is 9.47 Å². The molecule has 6 nitrogen and oxygen atoms in total. The van der Waals surface area contributed by atoms with E-state index in [-0.39, 0.29) is 5.56 Å². The predicted molar refractivity (Wildman–Crippen MR) is 94.6 cm³/mol. The summed E-state index contributed by atoms with van der Waals surface area (Å²) in [5.41, 5.74) is 6.15. The summed E-state index contributed by atoms with van der Waals surface area (Å²) in [6.07, 6.45) is -0.850. The van der Waals surface area contributed by atoms with E-state index in [1.807, 2.05) is 26.0 Å². The topological polar surface area (TPSA) is 76.7 Å². The van der Waals surface area contributed by atoms with Crippen LogP contribution in [0, 0.1) is 19.7 Å². The third kappa shape index (κ3) is 4.50. The first kappa shape index (κ1) is 19.2. The van der Waals surface area contributed by atoms with Gasteiger partial charge in [0.1, 0.15) is 17.3 Å². The minimum absolute atomic E-state index is 0.214. The molecule has 2 amide bonds. The molecule has 138 valence electrons. The highest BCUT2D eigenvalue weighted by molar-refractivity contribution is 5.96. The number of aryl methyl sites for hydroxylation is 1. The van der Waals surface area contributed by atoms with Gasteiger partial charge < -0.3 is 9.47 Å². The number of halogens is 1. The first-order chi connectivity index (χ1) is 12.3. The van der Waals surface area contributed by atoms with Gasteiger partial charge in [0, 0.05) is 6.07 Å². The third-order valence-corrected chi connectivity index (χ3v) is 3.95. The Kier molecular flexibility index (Phi) is 6.16. The van der Waals surface area contributed by atoms with E-state index < -0.39 is 23.7 Å². The summed E-state index contributed by atoms with van der Waals surface area (Å²) in [4.78, 5) is 24.1. The average Bonchev–Trinajstić information content (AvgIpc) is 2.62. The maximum atomic E-state index is 13.9. The second-order valence-electron chi connectivity index (χ2n) is 5.75. The third-order valence-electron chi connectivity index (χ3n) is 3.95. The van der Waals surface area contributed by atoms with Crippen molar-refractivity contribution in [2.75, 3.05) is 7.11 Å². The van der Waals surface area contributed by atoms with Gasteiger partial charge in [0.05, 0.1) is 12.7 Å². The average molecular weight is 360 g/mol. The lowest BCUT2D eigenvalue weighted by Gasteiger charge is -2.17. The lowest BCUT2D eigenvalue weighted by molar-refractivity contribution is -0.128. The molecule has 0 heterocycles. The van der Waals surface area contributed by atoms with Crippen LogP contribution in [-0.4, -0.2) is 25.0 Å². The molecule has 0 aliphatic carbocycles. The zero-order valence-corrected chi connectivity index (χ0v) is 15.1. The Morgan fingerprint density at radius 2 is 1.85 bits per heavy atom. The van der Waals surface area contributed by atoms with E-state index in [0.717, 1.165) is 17.2 Å². The van der Waals surface area contributed by atoms with Gasteiger partial charge in [-0.05, 0) is 50.1 Å². The Balaban J connectivity index is 1.95. The smallest absolute Gasteiger partial charge is 0.279 e. The highest BCUT2D eigenvalue weighted by atomic mass is 19.1. The van der Waals surface area contributed by atoms with E-state index in [2.05, 4.69) is 10.9 Å². The SMILES string of the molecule is COc1ccc(C(=O)NNC(=O)[C@@H](C)Oc2cccc(C)c2C)c(F)c1. The molecule has 0 aromatic heterocycles. The molecule has 2 aromatic carbocycles. The van der Waals surface area contributed by atoms with Gasteiger partial charge in [-0.25, -0.2) is 4.39 Å². The summed E-state index contributed by atoms with van der Waals surface area (Å²) < 4.78 is 24.4. The van der Waals surface area contributed by atoms with Crippen molar-refractivity contribution in [2.24, 2.45) is 0 Å². The van der Waals surface area contributed by atoms with Gasteiger partial charge in [-0.2, -0.15) is 0 Å². The first-order valence-corrected chi connectivity index (χ1v) is 8.00. The van der Waals surface area contributed by atoms with Crippen molar-refractivity contribution in [3.63, 3.8) is 0 Å². The van der Waals surface area contributed by atoms with Gasteiger partial charge in [-0.1, -0.05) is 12.1 Å². The number of nitrogens with one attached hydrogen (secondary N) is 2. The van der Waals surface area contributed by atoms with E-state index in [9.17, 15) is 14.0 Å². The number of methoxy groups -OCH3 is 1. The molecule has 7 heteroatoms. The van der Waals surface area contributed by atoms with Crippen LogP contribution in [0.3, 0.4) is 0 Å². The van der Waals surface area contributed by atoms with Crippen molar-refractivity contribution in [3.8, 4) is 11.5 Å². The number of ether oxygens (including phenoxy) is 2. The normalized spacial score (nSPS) is 11.4. The summed E-state index contributed by atoms with van der Waals surface area (Å²) in [5.74, 6) is -1.22. The molecule has 26 heavy (non-hydrogen) atoms. The first-order valence-electron chi connectivity index (χ1n) is 8.00. The van der Waals surface area contributed by atoms with Crippen LogP contribution in [0.15, 0.2) is 36.4 Å². The summed E-state index contributed by atoms with van der Waals surface area (Å²) in [7, 11) is 1.39. The number of benzene rings is 2. The highest BCUT2D eigenvalue weighted by Gasteiger charge is 2.18. The van der Waals surface area contributed by atoms with Crippen molar-refractivity contribution in [1.82, 2.24) is 10.9 Å². The van der Waals surface area contributed by atoms with Crippen molar-refractivity contribution >= 4 is 11.8 Å². The number of hydrogen-bond acceptors (Lipinski definition) is 4. The fourth-order valence-electron chi connectivity index (χ4n) is 2.19. The Morgan fingerprint density at radius 3 is 2.50 bits per heavy atom. The summed E-state index contributed by atoms with van der Waals surface area (Å²) in [6.45, 7) is 5.39. The predicted octanol–water partition coefficient (Wildman–Crippen LogP) is 2.68. The van der Waals surface area contributed by atoms with Crippen molar-refractivity contribution < 1.29 is 23.5 Å². The molecule has 0 saturated carbocycles. The van der Waals surface area contributed by atoms with Crippen molar-refractivity contribution in [2.45, 2.75) is 26.9 Å². The number of rotatable bonds is 5. The van der Waals surface area contributed by atoms with Crippen LogP contribution in [0.2, 0.25) is 0 Å². The van der Waals surface area contributed by atoms with Gasteiger partial charge >= 0.3 is 0 Å². The number of amides is 2. The summed E-state index contributed by atoms with van der Waals surface area (Å²) >= 11 is 0. The molecular formula is C19H21FN2O4. The fraction of sp³-hybridized carbons (Fsp3) is 0.263. The van der Waals surface area contributed by atoms with Crippen LogP contribution < -0.4 is 20.3 Å². The standard InChI is InChI=1S/C19H21FN2O4/c1-11-6-5-7-17(12(11)2)26-13(3)18(23)21-22-19(24)15-9-8-14(25-4)10-16(15)20/h5-10,13H,1-4H3,(H,21,23)(H,22,24)/t13-/m1/s1. The maximum absolute atomic E-state index is 13.9. The van der Waals surface area contributed by atoms with E-state index >= 15 is 0 Å². The molecule has 0 unspecified atom stereocenters. The van der Waals surface area contributed by atoms with Crippen LogP contribution in [0.25, 0.3) is 0 Å². The molecule has 2 N–H and O–H groups in total. The Morgan fingerprint density at radius 1 is 1.12 bits per heavy atom. The fourth-order valence-corrected chi connectivity index (χ4v) is 2.19. The molecule has 0 spiro atoms. The van der Waals surface area contributed by atoms with Crippen molar-refractivity contribution in [1.29, 1.82) is 0 Å². The minimum Gasteiger partial charge on any atom is -0.497 e. The maximum Gasteiger partial charge on any atom is 0.279 e. The molecule has 0 aliphatic heterocycles. The Hall–Kier alpha value is -3.09. The lowest BCUT2D eigenvalue weighted by atomic mass is 10.1. The number of hydrazine groups is 1. The van der Waals surface area contributed by atoms with Crippen LogP contribution in [-0.2, 0) is 4.79 Å². The molecule has 0 radical (unpaired) electrons. The quantitative estimate of drug-likeness (QED) is 0.804. The molecule has 0 aliphatic rings. The van der Waals surface area contributed by atoms with Crippen LogP contribution in [0.5, 0.6) is 11.5 Å². The zero-order chi connectivity index (χ0) is 19.3. The number of carbonyl (C=O) groups excluding carboxylic acids is 2. The number of carbonyl (C=O) groups is 2. The van der Waals surface area contributed by atoms with Crippen LogP contribution in [0.1, 0.15) is 28.4 Å². The largest absolute Gasteiger partial charge is 0.497 e. The van der Waals surface area contributed by atoms with Gasteiger partial charge in [0.25, 0.3) is 11.8 Å². The molecule has 1 atom stereocenters. The Bertz CT molecular complexity index is 823. The second-order valence-corrected chi connectivity index (χ2v) is 5.75. The van der Waals surface area contributed by atoms with Gasteiger partial charge in [0.2, 0.25) is 0 Å². The van der Waals surface area contributed by atoms with E-state index in [0.29, 0.717) is 11.5 Å². The van der Waals surface area contributed by atoms with E-state index in [1.54, 1.807) is 13.0 Å². The molecule has 2 rings (SSSR count). The number of hydrogen-bond donors (Lipinski definition) is 2. The minimum atomic E-state index is -0.850. The van der Waals surface area contributed by atoms with Crippen LogP contribution >= 0.6 is 0 Å². The monoisotopic (exact) mass is 360 g/mol. The lowest BCUT2D eigenvalue weighted by Crippen LogP contribution is -2.47. The van der Waals surface area contributed by atoms with E-state index in [1.165, 1.54) is 19.2 Å². The Labute approximate surface area is 151 Å². The summed E-state index contributed by atoms with van der Waals surface area (Å²) in [5, 5.41) is 0. The zero-order valence-electron chi connectivity index (χ0n) is 15.1. The van der Waals surface area contributed by atoms with Gasteiger partial charge in [-0.15, -0.1) is 0 Å². The summed E-state index contributed by atoms with van der Waals surface area (Å²) in [6, 6.07) is 9.34. The molecular weight excluding hydrogens is 339 g/mol. The van der Waals surface area contributed by atoms with Gasteiger partial charge in [0.15, 0.2) is 6.10 Å². The van der Waals surface area contributed by atoms with Crippen LogP contribution in [0.4, 0.5) is 4.39 Å². The molecule has 0 bridgehead atoms. The molecule has 0 saturated heterocycles. The molecule has 2 aromatic rings. The highest BCUT2D eigenvalue weighted by Crippen LogP contribution is 2.21. The second kappa shape index (κ2) is 8.33. The molecule has 0 fully saturated rings. The van der Waals surface area contributed by atoms with Gasteiger partial charge in [-0.3, -0.25) is 20.4 Å². The van der Waals surface area contributed by atoms with Crippen molar-refractivity contribution in [3.05, 3.63) is 58.9 Å².